The van der Waals surface area contributed by atoms with Crippen LogP contribution in [-0.2, 0) is 14.8 Å². The zero-order valence-electron chi connectivity index (χ0n) is 18.2. The van der Waals surface area contributed by atoms with Crippen molar-refractivity contribution in [2.24, 2.45) is 5.92 Å². The van der Waals surface area contributed by atoms with Gasteiger partial charge in [-0.2, -0.15) is 4.31 Å². The van der Waals surface area contributed by atoms with Gasteiger partial charge >= 0.3 is 0 Å². The first kappa shape index (κ1) is 22.8. The monoisotopic (exact) mass is 467 g/mol. The van der Waals surface area contributed by atoms with Crippen LogP contribution < -0.4 is 10.6 Å². The number of hydrogen-bond donors (Lipinski definition) is 2. The van der Waals surface area contributed by atoms with Crippen LogP contribution in [0.1, 0.15) is 23.9 Å². The molecule has 2 atom stereocenters. The van der Waals surface area contributed by atoms with Crippen molar-refractivity contribution in [3.05, 3.63) is 73.0 Å². The molecule has 0 saturated carbocycles. The second kappa shape index (κ2) is 9.21. The van der Waals surface area contributed by atoms with Gasteiger partial charge in [0, 0.05) is 30.2 Å². The Balaban J connectivity index is 1.42. The third kappa shape index (κ3) is 4.84. The number of carbonyl (C=O) groups is 2. The molecule has 0 bridgehead atoms. The average molecular weight is 468 g/mol. The number of anilines is 1. The molecule has 1 saturated heterocycles. The maximum atomic E-state index is 13.1. The molecular weight excluding hydrogens is 442 g/mol. The fourth-order valence-electron chi connectivity index (χ4n) is 3.93. The molecule has 1 aliphatic rings. The number of piperidine rings is 1. The Labute approximate surface area is 192 Å². The summed E-state index contributed by atoms with van der Waals surface area (Å²) in [4.78, 5) is 24.2. The summed E-state index contributed by atoms with van der Waals surface area (Å²) in [5, 5.41) is 6.40. The van der Waals surface area contributed by atoms with Crippen molar-refractivity contribution in [3.8, 4) is 0 Å². The van der Waals surface area contributed by atoms with Gasteiger partial charge in [-0.15, -0.1) is 0 Å². The fraction of sp³-hybridized carbons (Fsp3) is 0.250. The first-order chi connectivity index (χ1) is 15.8. The molecule has 9 heteroatoms. The van der Waals surface area contributed by atoms with Crippen LogP contribution in [0.4, 0.5) is 5.69 Å². The van der Waals surface area contributed by atoms with Gasteiger partial charge in [0.05, 0.1) is 4.90 Å². The summed E-state index contributed by atoms with van der Waals surface area (Å²) < 4.78 is 33.2. The second-order valence-electron chi connectivity index (χ2n) is 8.08. The molecule has 2 aromatic carbocycles. The minimum Gasteiger partial charge on any atom is -0.451 e. The van der Waals surface area contributed by atoms with Crippen LogP contribution in [0.3, 0.4) is 0 Å². The van der Waals surface area contributed by atoms with Crippen molar-refractivity contribution < 1.29 is 22.4 Å². The van der Waals surface area contributed by atoms with E-state index >= 15 is 0 Å². The lowest BCUT2D eigenvalue weighted by Crippen LogP contribution is -2.51. The van der Waals surface area contributed by atoms with Crippen LogP contribution in [0.5, 0.6) is 0 Å². The molecule has 1 aromatic heterocycles. The number of rotatable bonds is 6. The van der Waals surface area contributed by atoms with E-state index in [-0.39, 0.29) is 28.5 Å². The molecular formula is C24H25N3O5S. The van der Waals surface area contributed by atoms with E-state index in [1.807, 2.05) is 25.1 Å². The van der Waals surface area contributed by atoms with Crippen molar-refractivity contribution >= 4 is 38.5 Å². The lowest BCUT2D eigenvalue weighted by Gasteiger charge is -2.36. The predicted octanol–water partition coefficient (Wildman–Crippen LogP) is 3.39. The van der Waals surface area contributed by atoms with Crippen LogP contribution in [0.25, 0.3) is 11.0 Å². The third-order valence-corrected chi connectivity index (χ3v) is 7.66. The Kier molecular flexibility index (Phi) is 6.35. The SMILES string of the molecule is C=CC(=O)NC1CCN(S(=O)(=O)c2ccc(NC(=O)c3cc4ccccc4o3)cc2)CC1C. The molecule has 2 heterocycles. The first-order valence-corrected chi connectivity index (χ1v) is 12.0. The topological polar surface area (TPSA) is 109 Å². The Morgan fingerprint density at radius 1 is 1.15 bits per heavy atom. The molecule has 33 heavy (non-hydrogen) atoms. The normalized spacial score (nSPS) is 19.2. The molecule has 0 aliphatic carbocycles. The third-order valence-electron chi connectivity index (χ3n) is 5.78. The Morgan fingerprint density at radius 2 is 1.88 bits per heavy atom. The highest BCUT2D eigenvalue weighted by Crippen LogP contribution is 2.25. The van der Waals surface area contributed by atoms with Crippen molar-refractivity contribution in [2.75, 3.05) is 18.4 Å². The highest BCUT2D eigenvalue weighted by atomic mass is 32.2. The summed E-state index contributed by atoms with van der Waals surface area (Å²) in [6.07, 6.45) is 1.73. The predicted molar refractivity (Wildman–Crippen MR) is 125 cm³/mol. The van der Waals surface area contributed by atoms with Crippen LogP contribution in [-0.4, -0.2) is 43.7 Å². The number of furan rings is 1. The minimum atomic E-state index is -3.70. The molecule has 3 aromatic rings. The molecule has 1 aliphatic heterocycles. The summed E-state index contributed by atoms with van der Waals surface area (Å²) in [5.74, 6) is -0.546. The van der Waals surface area contributed by atoms with Gasteiger partial charge in [-0.1, -0.05) is 31.7 Å². The van der Waals surface area contributed by atoms with Gasteiger partial charge in [0.15, 0.2) is 5.76 Å². The number of nitrogens with one attached hydrogen (secondary N) is 2. The van der Waals surface area contributed by atoms with E-state index in [1.165, 1.54) is 22.5 Å². The lowest BCUT2D eigenvalue weighted by atomic mass is 9.95. The average Bonchev–Trinajstić information content (AvgIpc) is 3.25. The number of carbonyl (C=O) groups excluding carboxylic acids is 2. The number of nitrogens with zero attached hydrogens (tertiary/aromatic N) is 1. The van der Waals surface area contributed by atoms with Crippen molar-refractivity contribution in [3.63, 3.8) is 0 Å². The van der Waals surface area contributed by atoms with Gasteiger partial charge < -0.3 is 15.1 Å². The van der Waals surface area contributed by atoms with Gasteiger partial charge in [0.1, 0.15) is 5.58 Å². The van der Waals surface area contributed by atoms with Crippen molar-refractivity contribution in [2.45, 2.75) is 24.3 Å². The van der Waals surface area contributed by atoms with Gasteiger partial charge in [-0.25, -0.2) is 8.42 Å². The minimum absolute atomic E-state index is 0.0419. The molecule has 2 amide bonds. The number of amides is 2. The Hall–Kier alpha value is -3.43. The van der Waals surface area contributed by atoms with Gasteiger partial charge in [-0.05, 0) is 54.8 Å². The molecule has 0 spiro atoms. The standard InChI is InChI=1S/C24H25N3O5S/c1-3-23(28)26-20-12-13-27(15-16(20)2)33(30,31)19-10-8-18(9-11-19)25-24(29)22-14-17-6-4-5-7-21(17)32-22/h3-11,14,16,20H,1,12-13,15H2,2H3,(H,25,29)(H,26,28). The highest BCUT2D eigenvalue weighted by Gasteiger charge is 2.34. The Morgan fingerprint density at radius 3 is 2.55 bits per heavy atom. The highest BCUT2D eigenvalue weighted by molar-refractivity contribution is 7.89. The second-order valence-corrected chi connectivity index (χ2v) is 10.0. The summed E-state index contributed by atoms with van der Waals surface area (Å²) in [6, 6.07) is 14.9. The number of fused-ring (bicyclic) bond motifs is 1. The van der Waals surface area contributed by atoms with E-state index in [4.69, 9.17) is 4.42 Å². The molecule has 4 rings (SSSR count). The van der Waals surface area contributed by atoms with E-state index in [1.54, 1.807) is 24.3 Å². The van der Waals surface area contributed by atoms with E-state index in [0.717, 1.165) is 5.39 Å². The number of hydrogen-bond acceptors (Lipinski definition) is 5. The summed E-state index contributed by atoms with van der Waals surface area (Å²) >= 11 is 0. The van der Waals surface area contributed by atoms with Gasteiger partial charge in [0.25, 0.3) is 5.91 Å². The van der Waals surface area contributed by atoms with Crippen LogP contribution in [0, 0.1) is 5.92 Å². The van der Waals surface area contributed by atoms with E-state index in [2.05, 4.69) is 17.2 Å². The largest absolute Gasteiger partial charge is 0.451 e. The summed E-state index contributed by atoms with van der Waals surface area (Å²) in [6.45, 7) is 5.96. The van der Waals surface area contributed by atoms with Crippen LogP contribution in [0.2, 0.25) is 0 Å². The summed E-state index contributed by atoms with van der Waals surface area (Å²) in [7, 11) is -3.70. The van der Waals surface area contributed by atoms with E-state index in [9.17, 15) is 18.0 Å². The number of benzene rings is 2. The number of sulfonamides is 1. The molecule has 172 valence electrons. The molecule has 2 unspecified atom stereocenters. The summed E-state index contributed by atoms with van der Waals surface area (Å²) in [5.41, 5.74) is 1.07. The van der Waals surface area contributed by atoms with Gasteiger partial charge in [0.2, 0.25) is 15.9 Å². The van der Waals surface area contributed by atoms with E-state index in [0.29, 0.717) is 30.8 Å². The van der Waals surface area contributed by atoms with Crippen molar-refractivity contribution in [1.82, 2.24) is 9.62 Å². The van der Waals surface area contributed by atoms with E-state index < -0.39 is 15.9 Å². The molecule has 2 N–H and O–H groups in total. The Bertz CT molecular complexity index is 1260. The fourth-order valence-corrected chi connectivity index (χ4v) is 5.48. The lowest BCUT2D eigenvalue weighted by molar-refractivity contribution is -0.117. The zero-order chi connectivity index (χ0) is 23.6. The maximum absolute atomic E-state index is 13.1. The number of para-hydroxylation sites is 1. The maximum Gasteiger partial charge on any atom is 0.291 e. The molecule has 0 radical (unpaired) electrons. The molecule has 1 fully saturated rings. The van der Waals surface area contributed by atoms with Gasteiger partial charge in [-0.3, -0.25) is 9.59 Å². The van der Waals surface area contributed by atoms with Crippen LogP contribution >= 0.6 is 0 Å². The quantitative estimate of drug-likeness (QED) is 0.540. The zero-order valence-corrected chi connectivity index (χ0v) is 19.0. The van der Waals surface area contributed by atoms with Crippen LogP contribution in [0.15, 0.2) is 76.6 Å². The van der Waals surface area contributed by atoms with Crippen molar-refractivity contribution in [1.29, 1.82) is 0 Å². The molecule has 8 nitrogen and oxygen atoms in total. The smallest absolute Gasteiger partial charge is 0.291 e. The first-order valence-electron chi connectivity index (χ1n) is 10.6.